The van der Waals surface area contributed by atoms with E-state index in [0.29, 0.717) is 0 Å². The zero-order valence-electron chi connectivity index (χ0n) is 8.96. The van der Waals surface area contributed by atoms with E-state index >= 15 is 0 Å². The predicted molar refractivity (Wildman–Crippen MR) is 69.3 cm³/mol. The van der Waals surface area contributed by atoms with E-state index in [1.165, 1.54) is 21.2 Å². The molecule has 0 spiro atoms. The normalized spacial score (nSPS) is 13.1. The molecular weight excluding hydrogens is 264 g/mol. The highest BCUT2D eigenvalue weighted by Gasteiger charge is 2.15. The van der Waals surface area contributed by atoms with Crippen LogP contribution in [0.25, 0.3) is 17.4 Å². The van der Waals surface area contributed by atoms with Gasteiger partial charge in [0, 0.05) is 10.0 Å². The summed E-state index contributed by atoms with van der Waals surface area (Å²) in [7, 11) is 0. The van der Waals surface area contributed by atoms with Crippen LogP contribution in [0.3, 0.4) is 0 Å². The third-order valence-electron chi connectivity index (χ3n) is 2.91. The molecule has 1 aliphatic rings. The molecule has 1 nitrogen and oxygen atoms in total. The Balaban J connectivity index is 2.22. The van der Waals surface area contributed by atoms with Crippen LogP contribution in [0.1, 0.15) is 16.9 Å². The molecule has 3 rings (SSSR count). The summed E-state index contributed by atoms with van der Waals surface area (Å²) in [5.41, 5.74) is 3.82. The molecule has 0 bridgehead atoms. The van der Waals surface area contributed by atoms with E-state index in [-0.39, 0.29) is 0 Å². The molecule has 0 fully saturated rings. The first-order chi connectivity index (χ1) is 7.75. The number of rotatable bonds is 1. The van der Waals surface area contributed by atoms with Crippen molar-refractivity contribution in [3.63, 3.8) is 0 Å². The van der Waals surface area contributed by atoms with Crippen molar-refractivity contribution >= 4 is 22.0 Å². The number of benzene rings is 1. The number of furan rings is 1. The first-order valence-electron chi connectivity index (χ1n) is 5.30. The molecule has 0 saturated heterocycles. The van der Waals surface area contributed by atoms with Gasteiger partial charge >= 0.3 is 0 Å². The molecule has 0 saturated carbocycles. The summed E-state index contributed by atoms with van der Waals surface area (Å²) in [6.07, 6.45) is 5.37. The van der Waals surface area contributed by atoms with Crippen molar-refractivity contribution in [3.8, 4) is 11.3 Å². The molecule has 0 radical (unpaired) electrons. The lowest BCUT2D eigenvalue weighted by Gasteiger charge is -2.07. The van der Waals surface area contributed by atoms with Gasteiger partial charge in [-0.15, -0.1) is 0 Å². The van der Waals surface area contributed by atoms with E-state index in [0.717, 1.165) is 17.9 Å². The quantitative estimate of drug-likeness (QED) is 0.742. The van der Waals surface area contributed by atoms with Gasteiger partial charge in [-0.05, 0) is 48.7 Å². The van der Waals surface area contributed by atoms with Crippen LogP contribution in [-0.2, 0) is 6.42 Å². The van der Waals surface area contributed by atoms with Gasteiger partial charge in [-0.25, -0.2) is 0 Å². The summed E-state index contributed by atoms with van der Waals surface area (Å²) in [4.78, 5) is 0. The Bertz CT molecular complexity index is 578. The van der Waals surface area contributed by atoms with Crippen molar-refractivity contribution in [3.05, 3.63) is 51.7 Å². The zero-order chi connectivity index (χ0) is 11.1. The van der Waals surface area contributed by atoms with Gasteiger partial charge < -0.3 is 4.42 Å². The van der Waals surface area contributed by atoms with Gasteiger partial charge in [0.2, 0.25) is 0 Å². The number of allylic oxidation sites excluding steroid dienone is 1. The fourth-order valence-corrected chi connectivity index (χ4v) is 2.63. The minimum atomic E-state index is 0.952. The Morgan fingerprint density at radius 3 is 2.81 bits per heavy atom. The minimum absolute atomic E-state index is 0.952. The van der Waals surface area contributed by atoms with Gasteiger partial charge in [0.05, 0.1) is 0 Å². The van der Waals surface area contributed by atoms with Crippen molar-refractivity contribution in [2.24, 2.45) is 0 Å². The average Bonchev–Trinajstić information content (AvgIpc) is 2.87. The predicted octanol–water partition coefficient (Wildman–Crippen LogP) is 4.59. The van der Waals surface area contributed by atoms with Crippen LogP contribution < -0.4 is 0 Å². The minimum Gasteiger partial charge on any atom is -0.461 e. The second kappa shape index (κ2) is 3.63. The lowest BCUT2D eigenvalue weighted by atomic mass is 10.0. The molecule has 2 aromatic rings. The van der Waals surface area contributed by atoms with Gasteiger partial charge in [-0.2, -0.15) is 0 Å². The van der Waals surface area contributed by atoms with Gasteiger partial charge in [0.25, 0.3) is 0 Å². The molecule has 80 valence electrons. The zero-order valence-corrected chi connectivity index (χ0v) is 10.5. The second-order valence-electron chi connectivity index (χ2n) is 4.00. The molecule has 0 amide bonds. The second-order valence-corrected chi connectivity index (χ2v) is 4.86. The monoisotopic (exact) mass is 274 g/mol. The summed E-state index contributed by atoms with van der Waals surface area (Å²) >= 11 is 3.59. The van der Waals surface area contributed by atoms with Gasteiger partial charge in [0.1, 0.15) is 11.5 Å². The van der Waals surface area contributed by atoms with Crippen LogP contribution in [0.15, 0.2) is 39.2 Å². The number of fused-ring (bicyclic) bond motifs is 1. The topological polar surface area (TPSA) is 13.1 Å². The molecule has 0 unspecified atom stereocenters. The van der Waals surface area contributed by atoms with Crippen LogP contribution in [0.2, 0.25) is 0 Å². The van der Waals surface area contributed by atoms with Gasteiger partial charge in [-0.1, -0.05) is 28.1 Å². The Hall–Kier alpha value is -1.28. The van der Waals surface area contributed by atoms with Crippen molar-refractivity contribution in [2.45, 2.75) is 13.3 Å². The highest BCUT2D eigenvalue weighted by molar-refractivity contribution is 9.10. The average molecular weight is 275 g/mol. The van der Waals surface area contributed by atoms with Crippen molar-refractivity contribution in [1.82, 2.24) is 0 Å². The molecule has 1 aromatic carbocycles. The molecule has 1 aliphatic carbocycles. The van der Waals surface area contributed by atoms with Crippen LogP contribution in [-0.4, -0.2) is 0 Å². The summed E-state index contributed by atoms with van der Waals surface area (Å²) in [5, 5.41) is 0. The summed E-state index contributed by atoms with van der Waals surface area (Å²) < 4.78 is 6.87. The number of aryl methyl sites for hydroxylation is 1. The number of halogens is 1. The lowest BCUT2D eigenvalue weighted by Crippen LogP contribution is -1.87. The van der Waals surface area contributed by atoms with Crippen LogP contribution in [0.4, 0.5) is 0 Å². The van der Waals surface area contributed by atoms with Gasteiger partial charge in [0.15, 0.2) is 0 Å². The lowest BCUT2D eigenvalue weighted by molar-refractivity contribution is 0.548. The van der Waals surface area contributed by atoms with E-state index < -0.39 is 0 Å². The smallest absolute Gasteiger partial charge is 0.134 e. The van der Waals surface area contributed by atoms with E-state index in [9.17, 15) is 0 Å². The third-order valence-corrected chi connectivity index (χ3v) is 3.66. The fraction of sp³-hybridized carbons (Fsp3) is 0.143. The Kier molecular flexibility index (Phi) is 2.25. The summed E-state index contributed by atoms with van der Waals surface area (Å²) in [5.74, 6) is 1.90. The Labute approximate surface area is 103 Å². The number of hydrogen-bond acceptors (Lipinski definition) is 1. The molecular formula is C14H11BrO. The SMILES string of the molecule is Cc1ccc(-c2ccc(Br)c3c2C=CC3)o1. The first kappa shape index (κ1) is 9.91. The van der Waals surface area contributed by atoms with E-state index in [4.69, 9.17) is 4.42 Å². The molecule has 0 atom stereocenters. The largest absolute Gasteiger partial charge is 0.461 e. The Morgan fingerprint density at radius 1 is 1.19 bits per heavy atom. The third kappa shape index (κ3) is 1.45. The van der Waals surface area contributed by atoms with E-state index in [1.807, 2.05) is 19.1 Å². The van der Waals surface area contributed by atoms with Crippen molar-refractivity contribution in [2.75, 3.05) is 0 Å². The van der Waals surface area contributed by atoms with Crippen LogP contribution in [0.5, 0.6) is 0 Å². The van der Waals surface area contributed by atoms with Crippen molar-refractivity contribution in [1.29, 1.82) is 0 Å². The molecule has 1 heterocycles. The molecule has 1 aromatic heterocycles. The number of hydrogen-bond donors (Lipinski definition) is 0. The Morgan fingerprint density at radius 2 is 2.06 bits per heavy atom. The molecule has 2 heteroatoms. The highest BCUT2D eigenvalue weighted by atomic mass is 79.9. The molecule has 16 heavy (non-hydrogen) atoms. The summed E-state index contributed by atoms with van der Waals surface area (Å²) in [6, 6.07) is 8.24. The fourth-order valence-electron chi connectivity index (χ4n) is 2.12. The van der Waals surface area contributed by atoms with E-state index in [1.54, 1.807) is 0 Å². The maximum Gasteiger partial charge on any atom is 0.134 e. The standard InChI is InChI=1S/C14H11BrO/c1-9-5-8-14(16-9)12-6-7-13(15)11-4-2-3-10(11)12/h2-3,5-8H,4H2,1H3. The van der Waals surface area contributed by atoms with Crippen LogP contribution >= 0.6 is 15.9 Å². The van der Waals surface area contributed by atoms with Gasteiger partial charge in [-0.3, -0.25) is 0 Å². The first-order valence-corrected chi connectivity index (χ1v) is 6.10. The summed E-state index contributed by atoms with van der Waals surface area (Å²) in [6.45, 7) is 1.97. The maximum absolute atomic E-state index is 5.69. The van der Waals surface area contributed by atoms with Crippen molar-refractivity contribution < 1.29 is 4.42 Å². The van der Waals surface area contributed by atoms with E-state index in [2.05, 4.69) is 40.2 Å². The maximum atomic E-state index is 5.69. The van der Waals surface area contributed by atoms with Crippen LogP contribution in [0, 0.1) is 6.92 Å². The molecule has 0 aliphatic heterocycles. The molecule has 0 N–H and O–H groups in total. The highest BCUT2D eigenvalue weighted by Crippen LogP contribution is 2.36.